The van der Waals surface area contributed by atoms with Crippen LogP contribution < -0.4 is 15.8 Å². The highest BCUT2D eigenvalue weighted by atomic mass is 35.5. The molecule has 1 aromatic heterocycles. The van der Waals surface area contributed by atoms with E-state index in [2.05, 4.69) is 14.7 Å². The number of nitrogens with one attached hydrogen (secondary N) is 3. The molecule has 0 amide bonds. The molecule has 11 heteroatoms. The summed E-state index contributed by atoms with van der Waals surface area (Å²) < 4.78 is 43.3. The van der Waals surface area contributed by atoms with E-state index in [1.54, 1.807) is 30.3 Å². The zero-order valence-corrected chi connectivity index (χ0v) is 18.6. The van der Waals surface area contributed by atoms with E-state index >= 15 is 4.39 Å². The van der Waals surface area contributed by atoms with Gasteiger partial charge in [0.1, 0.15) is 10.4 Å². The van der Waals surface area contributed by atoms with Crippen molar-refractivity contribution in [3.05, 3.63) is 90.7 Å². The van der Waals surface area contributed by atoms with Gasteiger partial charge in [0, 0.05) is 10.6 Å². The van der Waals surface area contributed by atoms with Crippen LogP contribution in [0, 0.1) is 12.7 Å². The average molecular weight is 494 g/mol. The van der Waals surface area contributed by atoms with Crippen molar-refractivity contribution in [3.63, 3.8) is 0 Å². The molecule has 0 unspecified atom stereocenters. The van der Waals surface area contributed by atoms with E-state index in [0.717, 1.165) is 5.56 Å². The van der Waals surface area contributed by atoms with Crippen LogP contribution in [-0.2, 0) is 10.0 Å². The molecule has 0 spiro atoms. The second-order valence-electron chi connectivity index (χ2n) is 6.98. The highest BCUT2D eigenvalue weighted by Crippen LogP contribution is 2.33. The van der Waals surface area contributed by atoms with Gasteiger partial charge in [-0.1, -0.05) is 41.4 Å². The predicted molar refractivity (Wildman–Crippen MR) is 123 cm³/mol. The Labute approximate surface area is 190 Å². The Kier molecular flexibility index (Phi) is 5.58. The summed E-state index contributed by atoms with van der Waals surface area (Å²) in [6.07, 6.45) is 0. The van der Waals surface area contributed by atoms with Gasteiger partial charge in [0.05, 0.1) is 16.2 Å². The maximum atomic E-state index is 15.1. The number of sulfonamides is 1. The van der Waals surface area contributed by atoms with Crippen molar-refractivity contribution in [1.29, 1.82) is 0 Å². The Morgan fingerprint density at radius 2 is 1.69 bits per heavy atom. The third-order valence-electron chi connectivity index (χ3n) is 4.73. The van der Waals surface area contributed by atoms with Gasteiger partial charge in [-0.15, -0.1) is 0 Å². The van der Waals surface area contributed by atoms with Gasteiger partial charge in [0.15, 0.2) is 5.82 Å². The van der Waals surface area contributed by atoms with Crippen LogP contribution >= 0.6 is 23.2 Å². The monoisotopic (exact) mass is 493 g/mol. The van der Waals surface area contributed by atoms with Crippen LogP contribution in [0.1, 0.15) is 5.56 Å². The molecule has 1 heterocycles. The number of aromatic amines is 2. The van der Waals surface area contributed by atoms with Gasteiger partial charge in [0.2, 0.25) is 0 Å². The lowest BCUT2D eigenvalue weighted by atomic mass is 10.1. The molecule has 0 aliphatic carbocycles. The topological polar surface area (TPSA) is 112 Å². The minimum absolute atomic E-state index is 0.0301. The molecule has 3 aromatic carbocycles. The lowest BCUT2D eigenvalue weighted by molar-refractivity contribution is 0.572. The number of benzene rings is 3. The Morgan fingerprint density at radius 1 is 0.969 bits per heavy atom. The maximum Gasteiger partial charge on any atom is 0.314 e. The lowest BCUT2D eigenvalue weighted by Gasteiger charge is -2.14. The van der Waals surface area contributed by atoms with Crippen molar-refractivity contribution in [2.24, 2.45) is 0 Å². The lowest BCUT2D eigenvalue weighted by Crippen LogP contribution is -2.29. The summed E-state index contributed by atoms with van der Waals surface area (Å²) in [5.41, 5.74) is -1.01. The molecule has 32 heavy (non-hydrogen) atoms. The SMILES string of the molecule is Cc1cc2[nH]c(=O)c(=O)[nH]c2c(F)c1S(=O)(=O)Nc1ccc(-c2cccc(Cl)c2)c(Cl)c1. The largest absolute Gasteiger partial charge is 0.316 e. The van der Waals surface area contributed by atoms with Crippen LogP contribution in [-0.4, -0.2) is 18.4 Å². The Bertz CT molecular complexity index is 1610. The van der Waals surface area contributed by atoms with Crippen LogP contribution in [0.2, 0.25) is 10.0 Å². The van der Waals surface area contributed by atoms with Crippen molar-refractivity contribution in [1.82, 2.24) is 9.97 Å². The van der Waals surface area contributed by atoms with Crippen LogP contribution in [0.25, 0.3) is 22.2 Å². The van der Waals surface area contributed by atoms with Gasteiger partial charge < -0.3 is 9.97 Å². The number of hydrogen-bond donors (Lipinski definition) is 3. The first-order chi connectivity index (χ1) is 15.1. The van der Waals surface area contributed by atoms with E-state index < -0.39 is 37.4 Å². The van der Waals surface area contributed by atoms with Crippen molar-refractivity contribution < 1.29 is 12.8 Å². The molecule has 0 radical (unpaired) electrons. The summed E-state index contributed by atoms with van der Waals surface area (Å²) in [6.45, 7) is 1.37. The number of fused-ring (bicyclic) bond motifs is 1. The van der Waals surface area contributed by atoms with Gasteiger partial charge in [-0.05, 0) is 48.4 Å². The first-order valence-electron chi connectivity index (χ1n) is 9.10. The van der Waals surface area contributed by atoms with Gasteiger partial charge in [-0.3, -0.25) is 14.3 Å². The standard InChI is InChI=1S/C21H14Cl2FN3O4S/c1-10-7-16-18(26-21(29)20(28)25-16)17(24)19(10)32(30,31)27-13-5-6-14(15(23)9-13)11-3-2-4-12(22)8-11/h2-9,27H,1H3,(H,25,28)(H,26,29). The molecule has 0 aliphatic rings. The smallest absolute Gasteiger partial charge is 0.314 e. The van der Waals surface area contributed by atoms with Crippen LogP contribution in [0.15, 0.2) is 63.0 Å². The number of anilines is 1. The van der Waals surface area contributed by atoms with E-state index in [-0.39, 0.29) is 21.8 Å². The number of halogens is 3. The first-order valence-corrected chi connectivity index (χ1v) is 11.3. The van der Waals surface area contributed by atoms with Crippen molar-refractivity contribution in [2.45, 2.75) is 11.8 Å². The minimum Gasteiger partial charge on any atom is -0.316 e. The molecule has 3 N–H and O–H groups in total. The quantitative estimate of drug-likeness (QED) is 0.364. The maximum absolute atomic E-state index is 15.1. The molecule has 0 fully saturated rings. The van der Waals surface area contributed by atoms with Crippen molar-refractivity contribution >= 4 is 49.9 Å². The molecule has 0 saturated carbocycles. The summed E-state index contributed by atoms with van der Waals surface area (Å²) in [4.78, 5) is 26.7. The fourth-order valence-electron chi connectivity index (χ4n) is 3.33. The normalized spacial score (nSPS) is 11.6. The fourth-order valence-corrected chi connectivity index (χ4v) is 5.17. The Hall–Kier alpha value is -3.14. The summed E-state index contributed by atoms with van der Waals surface area (Å²) >= 11 is 12.3. The van der Waals surface area contributed by atoms with Gasteiger partial charge in [-0.2, -0.15) is 0 Å². The molecule has 4 aromatic rings. The highest BCUT2D eigenvalue weighted by Gasteiger charge is 2.25. The molecule has 0 bridgehead atoms. The third kappa shape index (κ3) is 4.02. The van der Waals surface area contributed by atoms with E-state index in [1.165, 1.54) is 25.1 Å². The molecule has 0 aliphatic heterocycles. The number of rotatable bonds is 4. The summed E-state index contributed by atoms with van der Waals surface area (Å²) in [6, 6.07) is 12.7. The summed E-state index contributed by atoms with van der Waals surface area (Å²) in [5, 5.41) is 0.773. The third-order valence-corrected chi connectivity index (χ3v) is 6.82. The van der Waals surface area contributed by atoms with Crippen LogP contribution in [0.5, 0.6) is 0 Å². The molecular formula is C21H14Cl2FN3O4S. The molecule has 4 rings (SSSR count). The van der Waals surface area contributed by atoms with Gasteiger partial charge in [-0.25, -0.2) is 12.8 Å². The zero-order chi connectivity index (χ0) is 23.2. The molecule has 0 saturated heterocycles. The van der Waals surface area contributed by atoms with Gasteiger partial charge in [0.25, 0.3) is 10.0 Å². The van der Waals surface area contributed by atoms with Crippen molar-refractivity contribution in [3.8, 4) is 11.1 Å². The number of H-pyrrole nitrogens is 2. The second-order valence-corrected chi connectivity index (χ2v) is 9.44. The molecular weight excluding hydrogens is 480 g/mol. The number of hydrogen-bond acceptors (Lipinski definition) is 4. The predicted octanol–water partition coefficient (Wildman–Crippen LogP) is 4.44. The second kappa shape index (κ2) is 8.09. The average Bonchev–Trinajstić information content (AvgIpc) is 2.69. The zero-order valence-electron chi connectivity index (χ0n) is 16.3. The van der Waals surface area contributed by atoms with E-state index in [1.807, 2.05) is 0 Å². The van der Waals surface area contributed by atoms with Crippen LogP contribution in [0.3, 0.4) is 0 Å². The number of aromatic nitrogens is 2. The summed E-state index contributed by atoms with van der Waals surface area (Å²) in [7, 11) is -4.41. The fraction of sp³-hybridized carbons (Fsp3) is 0.0476. The Balaban J connectivity index is 1.76. The van der Waals surface area contributed by atoms with E-state index in [0.29, 0.717) is 10.6 Å². The molecule has 0 atom stereocenters. The van der Waals surface area contributed by atoms with Crippen molar-refractivity contribution in [2.75, 3.05) is 4.72 Å². The van der Waals surface area contributed by atoms with Gasteiger partial charge >= 0.3 is 11.1 Å². The summed E-state index contributed by atoms with van der Waals surface area (Å²) in [5.74, 6) is -1.19. The molecule has 7 nitrogen and oxygen atoms in total. The minimum atomic E-state index is -4.41. The molecule has 164 valence electrons. The van der Waals surface area contributed by atoms with E-state index in [4.69, 9.17) is 23.2 Å². The first kappa shape index (κ1) is 22.1. The highest BCUT2D eigenvalue weighted by molar-refractivity contribution is 7.92. The van der Waals surface area contributed by atoms with E-state index in [9.17, 15) is 18.0 Å². The number of aryl methyl sites for hydroxylation is 1. The Morgan fingerprint density at radius 3 is 2.38 bits per heavy atom. The van der Waals surface area contributed by atoms with Crippen LogP contribution in [0.4, 0.5) is 10.1 Å².